The molecule has 0 radical (unpaired) electrons. The van der Waals surface area contributed by atoms with Crippen LogP contribution in [0.1, 0.15) is 0 Å². The number of anilines is 2. The Hall–Kier alpha value is -5.41. The molecule has 0 aliphatic carbocycles. The van der Waals surface area contributed by atoms with Crippen LogP contribution in [0.3, 0.4) is 0 Å². The zero-order chi connectivity index (χ0) is 27.3. The van der Waals surface area contributed by atoms with E-state index in [2.05, 4.69) is 82.7 Å². The van der Waals surface area contributed by atoms with Crippen molar-refractivity contribution in [1.82, 2.24) is 4.57 Å². The van der Waals surface area contributed by atoms with Gasteiger partial charge >= 0.3 is 0 Å². The lowest BCUT2D eigenvalue weighted by Crippen LogP contribution is -1.99. The fourth-order valence-electron chi connectivity index (χ4n) is 6.14. The molecular formula is C38H25FN2. The van der Waals surface area contributed by atoms with Gasteiger partial charge in [0, 0.05) is 27.7 Å². The van der Waals surface area contributed by atoms with Crippen molar-refractivity contribution in [3.05, 3.63) is 151 Å². The van der Waals surface area contributed by atoms with Gasteiger partial charge < -0.3 is 9.88 Å². The van der Waals surface area contributed by atoms with Gasteiger partial charge in [-0.3, -0.25) is 0 Å². The largest absolute Gasteiger partial charge is 0.353 e. The zero-order valence-corrected chi connectivity index (χ0v) is 22.2. The molecule has 0 unspecified atom stereocenters. The lowest BCUT2D eigenvalue weighted by atomic mass is 9.96. The number of para-hydroxylation sites is 1. The van der Waals surface area contributed by atoms with Crippen LogP contribution in [0.15, 0.2) is 146 Å². The van der Waals surface area contributed by atoms with Gasteiger partial charge in [-0.05, 0) is 69.9 Å². The number of benzene rings is 7. The van der Waals surface area contributed by atoms with E-state index in [-0.39, 0.29) is 5.82 Å². The van der Waals surface area contributed by atoms with Gasteiger partial charge in [0.1, 0.15) is 5.82 Å². The maximum absolute atomic E-state index is 16.1. The summed E-state index contributed by atoms with van der Waals surface area (Å²) in [6.07, 6.45) is 0. The number of nitrogens with zero attached hydrogens (tertiary/aromatic N) is 1. The van der Waals surface area contributed by atoms with Crippen LogP contribution in [0.25, 0.3) is 60.5 Å². The minimum Gasteiger partial charge on any atom is -0.353 e. The van der Waals surface area contributed by atoms with E-state index in [1.165, 1.54) is 16.2 Å². The van der Waals surface area contributed by atoms with Gasteiger partial charge in [0.15, 0.2) is 0 Å². The number of hydrogen-bond donors (Lipinski definition) is 1. The molecule has 0 amide bonds. The Morgan fingerprint density at radius 2 is 1.15 bits per heavy atom. The van der Waals surface area contributed by atoms with Gasteiger partial charge in [-0.25, -0.2) is 4.39 Å². The molecule has 0 saturated carbocycles. The molecule has 41 heavy (non-hydrogen) atoms. The molecule has 1 N–H and O–H groups in total. The molecule has 8 rings (SSSR count). The van der Waals surface area contributed by atoms with Gasteiger partial charge in [-0.15, -0.1) is 0 Å². The van der Waals surface area contributed by atoms with Gasteiger partial charge in [0.05, 0.1) is 16.7 Å². The Kier molecular flexibility index (Phi) is 5.36. The van der Waals surface area contributed by atoms with Crippen LogP contribution in [0.5, 0.6) is 0 Å². The predicted octanol–water partition coefficient (Wildman–Crippen LogP) is 10.6. The first-order chi connectivity index (χ1) is 20.2. The molecule has 0 spiro atoms. The van der Waals surface area contributed by atoms with Crippen LogP contribution in [-0.4, -0.2) is 4.57 Å². The molecule has 8 aromatic rings. The number of nitrogens with one attached hydrogen (secondary N) is 1. The second-order valence-electron chi connectivity index (χ2n) is 10.4. The summed E-state index contributed by atoms with van der Waals surface area (Å²) < 4.78 is 18.4. The lowest BCUT2D eigenvalue weighted by molar-refractivity contribution is 0.633. The van der Waals surface area contributed by atoms with Gasteiger partial charge in [-0.1, -0.05) is 103 Å². The van der Waals surface area contributed by atoms with E-state index in [1.807, 2.05) is 66.7 Å². The van der Waals surface area contributed by atoms with E-state index in [0.29, 0.717) is 5.69 Å². The Morgan fingerprint density at radius 3 is 1.90 bits per heavy atom. The molecule has 0 bridgehead atoms. The van der Waals surface area contributed by atoms with Crippen molar-refractivity contribution in [2.45, 2.75) is 0 Å². The highest BCUT2D eigenvalue weighted by atomic mass is 19.1. The van der Waals surface area contributed by atoms with Gasteiger partial charge in [-0.2, -0.15) is 0 Å². The van der Waals surface area contributed by atoms with E-state index in [1.54, 1.807) is 6.07 Å². The summed E-state index contributed by atoms with van der Waals surface area (Å²) in [4.78, 5) is 0. The summed E-state index contributed by atoms with van der Waals surface area (Å²) in [5.74, 6) is -0.291. The second kappa shape index (κ2) is 9.35. The third-order valence-electron chi connectivity index (χ3n) is 7.96. The summed E-state index contributed by atoms with van der Waals surface area (Å²) in [6, 6.07) is 49.2. The Morgan fingerprint density at radius 1 is 0.488 bits per heavy atom. The van der Waals surface area contributed by atoms with Crippen LogP contribution in [0.2, 0.25) is 0 Å². The van der Waals surface area contributed by atoms with Crippen molar-refractivity contribution in [3.8, 4) is 27.9 Å². The average Bonchev–Trinajstić information content (AvgIpc) is 3.37. The van der Waals surface area contributed by atoms with Crippen molar-refractivity contribution in [2.24, 2.45) is 0 Å². The second-order valence-corrected chi connectivity index (χ2v) is 10.4. The SMILES string of the molecule is Fc1cc(-c2ccccc2)cc(-c2ccccc2)c1Nc1cc2ccc3cccc4c3c2c(c1)n4-c1ccccc1. The topological polar surface area (TPSA) is 17.0 Å². The minimum atomic E-state index is -0.291. The fraction of sp³-hybridized carbons (Fsp3) is 0. The molecule has 2 nitrogen and oxygen atoms in total. The number of rotatable bonds is 5. The van der Waals surface area contributed by atoms with Crippen LogP contribution < -0.4 is 5.32 Å². The summed E-state index contributed by atoms with van der Waals surface area (Å²) in [7, 11) is 0. The summed E-state index contributed by atoms with van der Waals surface area (Å²) >= 11 is 0. The van der Waals surface area contributed by atoms with Crippen LogP contribution in [0, 0.1) is 5.82 Å². The highest BCUT2D eigenvalue weighted by Crippen LogP contribution is 2.42. The lowest BCUT2D eigenvalue weighted by Gasteiger charge is -2.17. The summed E-state index contributed by atoms with van der Waals surface area (Å²) in [5, 5.41) is 8.30. The maximum atomic E-state index is 16.1. The van der Waals surface area contributed by atoms with Crippen molar-refractivity contribution in [2.75, 3.05) is 5.32 Å². The van der Waals surface area contributed by atoms with Crippen molar-refractivity contribution < 1.29 is 4.39 Å². The quantitative estimate of drug-likeness (QED) is 0.220. The first-order valence-corrected chi connectivity index (χ1v) is 13.8. The van der Waals surface area contributed by atoms with Crippen LogP contribution >= 0.6 is 0 Å². The molecule has 3 heteroatoms. The molecule has 0 saturated heterocycles. The fourth-order valence-corrected chi connectivity index (χ4v) is 6.14. The molecule has 0 atom stereocenters. The number of halogens is 1. The molecule has 0 fully saturated rings. The van der Waals surface area contributed by atoms with Crippen LogP contribution in [0.4, 0.5) is 15.8 Å². The van der Waals surface area contributed by atoms with Crippen molar-refractivity contribution in [1.29, 1.82) is 0 Å². The average molecular weight is 529 g/mol. The highest BCUT2D eigenvalue weighted by Gasteiger charge is 2.19. The Bertz CT molecular complexity index is 2160. The van der Waals surface area contributed by atoms with Crippen LogP contribution in [-0.2, 0) is 0 Å². The van der Waals surface area contributed by atoms with E-state index >= 15 is 4.39 Å². The smallest absolute Gasteiger partial charge is 0.147 e. The van der Waals surface area contributed by atoms with E-state index in [0.717, 1.165) is 50.0 Å². The van der Waals surface area contributed by atoms with Gasteiger partial charge in [0.25, 0.3) is 0 Å². The third-order valence-corrected chi connectivity index (χ3v) is 7.96. The molecule has 194 valence electrons. The van der Waals surface area contributed by atoms with Crippen molar-refractivity contribution >= 4 is 44.0 Å². The summed E-state index contributed by atoms with van der Waals surface area (Å²) in [5.41, 5.74) is 8.25. The molecule has 1 heterocycles. The maximum Gasteiger partial charge on any atom is 0.147 e. The molecule has 7 aromatic carbocycles. The zero-order valence-electron chi connectivity index (χ0n) is 22.2. The van der Waals surface area contributed by atoms with E-state index in [9.17, 15) is 0 Å². The van der Waals surface area contributed by atoms with Gasteiger partial charge in [0.2, 0.25) is 0 Å². The normalized spacial score (nSPS) is 11.5. The summed E-state index contributed by atoms with van der Waals surface area (Å²) in [6.45, 7) is 0. The molecule has 0 aliphatic heterocycles. The van der Waals surface area contributed by atoms with E-state index in [4.69, 9.17) is 0 Å². The predicted molar refractivity (Wildman–Crippen MR) is 170 cm³/mol. The number of aromatic nitrogens is 1. The highest BCUT2D eigenvalue weighted by molar-refractivity contribution is 6.25. The molecule has 0 aliphatic rings. The first-order valence-electron chi connectivity index (χ1n) is 13.8. The molecular weight excluding hydrogens is 503 g/mol. The van der Waals surface area contributed by atoms with E-state index < -0.39 is 0 Å². The first kappa shape index (κ1) is 23.5. The Labute approximate surface area is 237 Å². The van der Waals surface area contributed by atoms with Crippen molar-refractivity contribution in [3.63, 3.8) is 0 Å². The number of hydrogen-bond acceptors (Lipinski definition) is 1. The Balaban J connectivity index is 1.35. The third kappa shape index (κ3) is 3.86. The monoisotopic (exact) mass is 528 g/mol. The molecule has 1 aromatic heterocycles. The minimum absolute atomic E-state index is 0.291. The standard InChI is InChI=1S/C38H25FN2/c39-33-23-29(25-11-4-1-5-12-25)22-32(26-13-6-2-7-14-26)38(33)40-30-21-28-20-19-27-15-10-18-34-36(27)37(28)35(24-30)41(34)31-16-8-3-9-17-31/h1-24,40H.